The van der Waals surface area contributed by atoms with Gasteiger partial charge in [-0.15, -0.1) is 0 Å². The molecule has 0 radical (unpaired) electrons. The van der Waals surface area contributed by atoms with Crippen LogP contribution in [-0.4, -0.2) is 29.3 Å². The molecular weight excluding hydrogens is 194 g/mol. The van der Waals surface area contributed by atoms with E-state index >= 15 is 0 Å². The third kappa shape index (κ3) is 1.66. The summed E-state index contributed by atoms with van der Waals surface area (Å²) in [6.07, 6.45) is 4.45. The van der Waals surface area contributed by atoms with E-state index in [1.54, 1.807) is 0 Å². The summed E-state index contributed by atoms with van der Waals surface area (Å²) < 4.78 is 5.67. The summed E-state index contributed by atoms with van der Waals surface area (Å²) in [5.74, 6) is -0.746. The van der Waals surface area contributed by atoms with Crippen LogP contribution in [-0.2, 0) is 9.53 Å². The Labute approximate surface area is 89.8 Å². The largest absolute Gasteiger partial charge is 0.481 e. The molecule has 15 heavy (non-hydrogen) atoms. The van der Waals surface area contributed by atoms with Crippen molar-refractivity contribution in [1.29, 1.82) is 0 Å². The van der Waals surface area contributed by atoms with Gasteiger partial charge in [-0.2, -0.15) is 0 Å². The highest BCUT2D eigenvalue weighted by atomic mass is 16.5. The molecule has 0 spiro atoms. The molecule has 2 fully saturated rings. The first-order valence-electron chi connectivity index (χ1n) is 5.71. The second kappa shape index (κ2) is 3.76. The van der Waals surface area contributed by atoms with Gasteiger partial charge in [-0.05, 0) is 32.6 Å². The van der Waals surface area contributed by atoms with Crippen molar-refractivity contribution in [3.05, 3.63) is 0 Å². The van der Waals surface area contributed by atoms with E-state index in [0.717, 1.165) is 19.3 Å². The number of hydrogen-bond acceptors (Lipinski definition) is 3. The topological polar surface area (TPSA) is 72.6 Å². The number of rotatable bonds is 3. The van der Waals surface area contributed by atoms with Gasteiger partial charge in [0.25, 0.3) is 0 Å². The van der Waals surface area contributed by atoms with Crippen LogP contribution in [0.1, 0.15) is 39.0 Å². The van der Waals surface area contributed by atoms with E-state index in [4.69, 9.17) is 10.5 Å². The van der Waals surface area contributed by atoms with Crippen molar-refractivity contribution in [3.63, 3.8) is 0 Å². The fraction of sp³-hybridized carbons (Fsp3) is 0.909. The molecule has 0 bridgehead atoms. The molecule has 1 heterocycles. The molecule has 0 aromatic rings. The molecule has 1 saturated heterocycles. The van der Waals surface area contributed by atoms with Crippen molar-refractivity contribution in [2.45, 2.75) is 57.3 Å². The highest BCUT2D eigenvalue weighted by Crippen LogP contribution is 2.46. The average molecular weight is 213 g/mol. The Hall–Kier alpha value is -0.610. The maximum atomic E-state index is 11.2. The minimum absolute atomic E-state index is 0.0589. The second-order valence-corrected chi connectivity index (χ2v) is 4.90. The molecule has 3 N–H and O–H groups in total. The molecule has 1 aliphatic heterocycles. The lowest BCUT2D eigenvalue weighted by Gasteiger charge is -2.44. The van der Waals surface area contributed by atoms with Gasteiger partial charge in [0.05, 0.1) is 17.6 Å². The number of carboxylic acid groups (broad SMARTS) is 1. The van der Waals surface area contributed by atoms with Gasteiger partial charge in [0.15, 0.2) is 0 Å². The molecule has 86 valence electrons. The van der Waals surface area contributed by atoms with E-state index in [1.165, 1.54) is 0 Å². The first-order valence-corrected chi connectivity index (χ1v) is 5.71. The number of aliphatic carboxylic acids is 1. The number of carboxylic acids is 1. The predicted molar refractivity (Wildman–Crippen MR) is 55.5 cm³/mol. The lowest BCUT2D eigenvalue weighted by Crippen LogP contribution is -2.57. The van der Waals surface area contributed by atoms with Crippen LogP contribution in [0.2, 0.25) is 0 Å². The predicted octanol–water partition coefficient (Wildman–Crippen LogP) is 1.14. The van der Waals surface area contributed by atoms with Gasteiger partial charge < -0.3 is 15.6 Å². The van der Waals surface area contributed by atoms with Crippen LogP contribution in [0.5, 0.6) is 0 Å². The maximum absolute atomic E-state index is 11.2. The number of nitrogens with two attached hydrogens (primary N) is 1. The Balaban J connectivity index is 2.05. The van der Waals surface area contributed by atoms with Crippen LogP contribution in [0.3, 0.4) is 0 Å². The van der Waals surface area contributed by atoms with Gasteiger partial charge in [-0.25, -0.2) is 0 Å². The van der Waals surface area contributed by atoms with Gasteiger partial charge >= 0.3 is 5.97 Å². The molecule has 0 aromatic heterocycles. The zero-order chi connectivity index (χ0) is 11.1. The lowest BCUT2D eigenvalue weighted by molar-refractivity contribution is -0.160. The smallest absolute Gasteiger partial charge is 0.311 e. The molecule has 2 rings (SSSR count). The van der Waals surface area contributed by atoms with Crippen molar-refractivity contribution < 1.29 is 14.6 Å². The van der Waals surface area contributed by atoms with Crippen molar-refractivity contribution in [1.82, 2.24) is 0 Å². The third-order valence-corrected chi connectivity index (χ3v) is 3.98. The summed E-state index contributed by atoms with van der Waals surface area (Å²) in [5.41, 5.74) is 5.38. The van der Waals surface area contributed by atoms with Gasteiger partial charge in [-0.1, -0.05) is 6.42 Å². The second-order valence-electron chi connectivity index (χ2n) is 4.90. The van der Waals surface area contributed by atoms with E-state index < -0.39 is 11.4 Å². The lowest BCUT2D eigenvalue weighted by atomic mass is 9.62. The molecule has 1 saturated carbocycles. The van der Waals surface area contributed by atoms with Gasteiger partial charge in [0.2, 0.25) is 0 Å². The van der Waals surface area contributed by atoms with Crippen molar-refractivity contribution in [3.8, 4) is 0 Å². The van der Waals surface area contributed by atoms with Gasteiger partial charge in [-0.3, -0.25) is 4.79 Å². The average Bonchev–Trinajstić information content (AvgIpc) is 2.48. The van der Waals surface area contributed by atoms with Gasteiger partial charge in [0.1, 0.15) is 0 Å². The first kappa shape index (κ1) is 10.9. The Morgan fingerprint density at radius 3 is 2.53 bits per heavy atom. The molecule has 2 aliphatic rings. The van der Waals surface area contributed by atoms with Crippen LogP contribution >= 0.6 is 0 Å². The van der Waals surface area contributed by atoms with E-state index in [2.05, 4.69) is 0 Å². The number of hydrogen-bond donors (Lipinski definition) is 2. The summed E-state index contributed by atoms with van der Waals surface area (Å²) in [4.78, 5) is 11.2. The molecular formula is C11H19NO3. The molecule has 0 aromatic carbocycles. The summed E-state index contributed by atoms with van der Waals surface area (Å²) in [7, 11) is 0. The zero-order valence-electron chi connectivity index (χ0n) is 9.11. The van der Waals surface area contributed by atoms with Crippen LogP contribution in [0.25, 0.3) is 0 Å². The Kier molecular flexibility index (Phi) is 2.73. The Bertz CT molecular complexity index is 263. The maximum Gasteiger partial charge on any atom is 0.311 e. The van der Waals surface area contributed by atoms with Crippen molar-refractivity contribution >= 4 is 5.97 Å². The van der Waals surface area contributed by atoms with E-state index in [0.29, 0.717) is 12.8 Å². The molecule has 1 aliphatic carbocycles. The fourth-order valence-electron chi connectivity index (χ4n) is 2.70. The monoisotopic (exact) mass is 213 g/mol. The minimum atomic E-state index is -0.746. The highest BCUT2D eigenvalue weighted by Gasteiger charge is 2.52. The van der Waals surface area contributed by atoms with Crippen LogP contribution < -0.4 is 5.73 Å². The molecule has 4 heteroatoms. The van der Waals surface area contributed by atoms with Gasteiger partial charge in [0, 0.05) is 6.04 Å². The molecule has 4 nitrogen and oxygen atoms in total. The summed E-state index contributed by atoms with van der Waals surface area (Å²) in [6, 6.07) is -0.339. The van der Waals surface area contributed by atoms with E-state index in [9.17, 15) is 9.90 Å². The molecule has 3 atom stereocenters. The van der Waals surface area contributed by atoms with Crippen LogP contribution in [0, 0.1) is 5.41 Å². The quantitative estimate of drug-likeness (QED) is 0.737. The standard InChI is InChI=1S/C11H19NO3/c1-7-3-4-8(15-7)9(12)11(10(13)14)5-2-6-11/h7-9H,2-6,12H2,1H3,(H,13,14). The minimum Gasteiger partial charge on any atom is -0.481 e. The number of ether oxygens (including phenoxy) is 1. The SMILES string of the molecule is CC1CCC(C(N)C2(C(=O)O)CCC2)O1. The van der Waals surface area contributed by atoms with Crippen LogP contribution in [0.15, 0.2) is 0 Å². The van der Waals surface area contributed by atoms with E-state index in [-0.39, 0.29) is 18.2 Å². The van der Waals surface area contributed by atoms with E-state index in [1.807, 2.05) is 6.92 Å². The summed E-state index contributed by atoms with van der Waals surface area (Å²) in [5, 5.41) is 9.24. The molecule has 3 unspecified atom stereocenters. The van der Waals surface area contributed by atoms with Crippen LogP contribution in [0.4, 0.5) is 0 Å². The first-order chi connectivity index (χ1) is 7.06. The summed E-state index contributed by atoms with van der Waals surface area (Å²) in [6.45, 7) is 2.01. The third-order valence-electron chi connectivity index (χ3n) is 3.98. The summed E-state index contributed by atoms with van der Waals surface area (Å²) >= 11 is 0. The Morgan fingerprint density at radius 2 is 2.20 bits per heavy atom. The Morgan fingerprint density at radius 1 is 1.53 bits per heavy atom. The fourth-order valence-corrected chi connectivity index (χ4v) is 2.70. The zero-order valence-corrected chi connectivity index (χ0v) is 9.11. The van der Waals surface area contributed by atoms with Crippen molar-refractivity contribution in [2.75, 3.05) is 0 Å². The highest BCUT2D eigenvalue weighted by molar-refractivity contribution is 5.76. The normalized spacial score (nSPS) is 35.9. The van der Waals surface area contributed by atoms with Crippen molar-refractivity contribution in [2.24, 2.45) is 11.1 Å². The number of carbonyl (C=O) groups is 1. The molecule has 0 amide bonds.